The monoisotopic (exact) mass is 919 g/mol. The van der Waals surface area contributed by atoms with Gasteiger partial charge in [-0.25, -0.2) is 13.2 Å². The van der Waals surface area contributed by atoms with Crippen LogP contribution in [0.1, 0.15) is 22.3 Å². The summed E-state index contributed by atoms with van der Waals surface area (Å²) in [6, 6.07) is 92.0. The lowest BCUT2D eigenvalue weighted by Crippen LogP contribution is -2.29. The highest BCUT2D eigenvalue weighted by Gasteiger charge is 2.48. The maximum Gasteiger partial charge on any atom is 0.194 e. The first-order valence-corrected chi connectivity index (χ1v) is 23.8. The van der Waals surface area contributed by atoms with Crippen LogP contribution in [-0.4, -0.2) is 0 Å². The fourth-order valence-electron chi connectivity index (χ4n) is 10.7. The van der Waals surface area contributed by atoms with Gasteiger partial charge in [-0.05, 0) is 150 Å². The smallest absolute Gasteiger partial charge is 0.194 e. The van der Waals surface area contributed by atoms with E-state index >= 15 is 0 Å². The molecule has 0 atom stereocenters. The highest BCUT2D eigenvalue weighted by atomic mass is 19.2. The lowest BCUT2D eigenvalue weighted by Gasteiger charge is -2.36. The number of halogens is 3. The Morgan fingerprint density at radius 2 is 0.634 bits per heavy atom. The summed E-state index contributed by atoms with van der Waals surface area (Å²) >= 11 is 0. The second-order valence-corrected chi connectivity index (χ2v) is 18.0. The highest BCUT2D eigenvalue weighted by Crippen LogP contribution is 2.60. The minimum Gasteiger partial charge on any atom is -0.310 e. The number of nitrogens with zero attached hydrogens (tertiary/aromatic N) is 1. The second kappa shape index (κ2) is 18.2. The zero-order valence-electron chi connectivity index (χ0n) is 38.5. The highest BCUT2D eigenvalue weighted by molar-refractivity contribution is 5.97. The van der Waals surface area contributed by atoms with Gasteiger partial charge in [-0.1, -0.05) is 206 Å². The summed E-state index contributed by atoms with van der Waals surface area (Å²) in [7, 11) is 0. The number of fused-ring (bicyclic) bond motifs is 3. The molecule has 1 nitrogen and oxygen atoms in total. The van der Waals surface area contributed by atoms with Crippen LogP contribution >= 0.6 is 0 Å². The lowest BCUT2D eigenvalue weighted by molar-refractivity contribution is 0.448. The summed E-state index contributed by atoms with van der Waals surface area (Å²) in [5.41, 5.74) is 18.6. The summed E-state index contributed by atoms with van der Waals surface area (Å²) < 4.78 is 42.9. The Balaban J connectivity index is 1.11. The molecule has 0 saturated carbocycles. The van der Waals surface area contributed by atoms with Crippen LogP contribution in [0.15, 0.2) is 267 Å². The van der Waals surface area contributed by atoms with Gasteiger partial charge in [0.25, 0.3) is 0 Å². The third-order valence-electron chi connectivity index (χ3n) is 14.0. The number of rotatable bonds is 10. The van der Waals surface area contributed by atoms with Crippen molar-refractivity contribution in [2.45, 2.75) is 5.41 Å². The van der Waals surface area contributed by atoms with Crippen LogP contribution < -0.4 is 4.90 Å². The van der Waals surface area contributed by atoms with Gasteiger partial charge in [0.1, 0.15) is 0 Å². The van der Waals surface area contributed by atoms with Gasteiger partial charge in [0.2, 0.25) is 0 Å². The molecule has 0 fully saturated rings. The second-order valence-electron chi connectivity index (χ2n) is 18.0. The van der Waals surface area contributed by atoms with E-state index in [1.54, 1.807) is 0 Å². The van der Waals surface area contributed by atoms with Gasteiger partial charge in [-0.2, -0.15) is 0 Å². The van der Waals surface area contributed by atoms with Crippen LogP contribution in [0, 0.1) is 17.5 Å². The summed E-state index contributed by atoms with van der Waals surface area (Å²) in [6.07, 6.45) is 0. The van der Waals surface area contributed by atoms with E-state index in [1.807, 2.05) is 36.4 Å². The third kappa shape index (κ3) is 7.71. The molecule has 12 rings (SSSR count). The van der Waals surface area contributed by atoms with Crippen molar-refractivity contribution < 1.29 is 13.2 Å². The minimum absolute atomic E-state index is 0.262. The number of benzene rings is 11. The van der Waals surface area contributed by atoms with Gasteiger partial charge in [0.05, 0.1) is 5.41 Å². The van der Waals surface area contributed by atoms with Crippen molar-refractivity contribution in [2.75, 3.05) is 4.90 Å². The predicted molar refractivity (Wildman–Crippen MR) is 285 cm³/mol. The molecule has 0 amide bonds. The van der Waals surface area contributed by atoms with E-state index in [4.69, 9.17) is 0 Å². The Morgan fingerprint density at radius 1 is 0.268 bits per heavy atom. The normalized spacial score (nSPS) is 12.3. The largest absolute Gasteiger partial charge is 0.310 e. The number of anilines is 3. The molecule has 11 aromatic carbocycles. The molecule has 1 aliphatic carbocycles. The van der Waals surface area contributed by atoms with Gasteiger partial charge in [0.15, 0.2) is 17.5 Å². The number of para-hydroxylation sites is 1. The van der Waals surface area contributed by atoms with Crippen LogP contribution in [0.25, 0.3) is 66.8 Å². The van der Waals surface area contributed by atoms with E-state index in [9.17, 15) is 13.2 Å². The van der Waals surface area contributed by atoms with E-state index in [2.05, 4.69) is 223 Å². The maximum absolute atomic E-state index is 14.5. The SMILES string of the molecule is Fc1cc(-c2ccc(-c3cc(-c4ccc(-c5ccccc5)cc4)c4c(c3)-c3ccc(N(c5ccccc5)c5ccc(-c6ccccc6)cc5)cc3C4(c3ccccc3)c3ccccc3)cc2)cc(F)c1F. The van der Waals surface area contributed by atoms with E-state index in [-0.39, 0.29) is 5.56 Å². The van der Waals surface area contributed by atoms with Crippen LogP contribution in [0.4, 0.5) is 30.2 Å². The van der Waals surface area contributed by atoms with E-state index in [1.165, 1.54) is 5.56 Å². The Labute approximate surface area is 412 Å². The van der Waals surface area contributed by atoms with Crippen molar-refractivity contribution in [3.05, 3.63) is 307 Å². The Kier molecular flexibility index (Phi) is 11.1. The molecule has 1 aliphatic rings. The molecule has 71 heavy (non-hydrogen) atoms. The summed E-state index contributed by atoms with van der Waals surface area (Å²) in [5, 5.41) is 0. The predicted octanol–water partition coefficient (Wildman–Crippen LogP) is 18.3. The average molecular weight is 920 g/mol. The molecular weight excluding hydrogens is 876 g/mol. The Bertz CT molecular complexity index is 3610. The first-order valence-electron chi connectivity index (χ1n) is 23.8. The van der Waals surface area contributed by atoms with Crippen molar-refractivity contribution >= 4 is 17.1 Å². The first-order chi connectivity index (χ1) is 34.9. The average Bonchev–Trinajstić information content (AvgIpc) is 3.74. The topological polar surface area (TPSA) is 3.24 Å². The molecule has 11 aromatic rings. The van der Waals surface area contributed by atoms with Crippen molar-refractivity contribution in [1.29, 1.82) is 0 Å². The summed E-state index contributed by atoms with van der Waals surface area (Å²) in [5.74, 6) is -3.92. The molecule has 0 spiro atoms. The Morgan fingerprint density at radius 3 is 1.14 bits per heavy atom. The molecule has 0 bridgehead atoms. The van der Waals surface area contributed by atoms with Gasteiger partial charge < -0.3 is 4.90 Å². The van der Waals surface area contributed by atoms with Gasteiger partial charge in [0, 0.05) is 17.1 Å². The first kappa shape index (κ1) is 43.3. The fourth-order valence-corrected chi connectivity index (χ4v) is 10.7. The standard InChI is InChI=1S/C67H44F3N/c68-63-42-53(43-64(69)66(63)70)50-28-26-49(27-29-50)52-40-60(51-32-30-47(31-33-51)45-16-6-1-7-17-45)65-61(41-52)59-39-38-58(44-62(59)67(65,54-20-10-3-11-21-54)55-22-12-4-13-23-55)71(56-24-14-5-15-25-56)57-36-34-48(35-37-57)46-18-8-2-9-19-46/h1-44H. The molecule has 0 saturated heterocycles. The maximum atomic E-state index is 14.5. The van der Waals surface area contributed by atoms with E-state index in [0.29, 0.717) is 5.56 Å². The van der Waals surface area contributed by atoms with Gasteiger partial charge in [-0.15, -0.1) is 0 Å². The van der Waals surface area contributed by atoms with Crippen LogP contribution in [-0.2, 0) is 5.41 Å². The molecule has 0 unspecified atom stereocenters. The summed E-state index contributed by atoms with van der Waals surface area (Å²) in [6.45, 7) is 0. The molecule has 0 aromatic heterocycles. The van der Waals surface area contributed by atoms with Crippen molar-refractivity contribution in [3.63, 3.8) is 0 Å². The van der Waals surface area contributed by atoms with Crippen molar-refractivity contribution in [1.82, 2.24) is 0 Å². The van der Waals surface area contributed by atoms with Crippen molar-refractivity contribution in [2.24, 2.45) is 0 Å². The fraction of sp³-hybridized carbons (Fsp3) is 0.0149. The number of hydrogen-bond donors (Lipinski definition) is 0. The molecule has 0 aliphatic heterocycles. The molecule has 0 heterocycles. The quantitative estimate of drug-likeness (QED) is 0.124. The van der Waals surface area contributed by atoms with Crippen LogP contribution in [0.3, 0.4) is 0 Å². The van der Waals surface area contributed by atoms with E-state index in [0.717, 1.165) is 102 Å². The molecule has 0 N–H and O–H groups in total. The Hall–Kier alpha value is -8.99. The van der Waals surface area contributed by atoms with Crippen molar-refractivity contribution in [3.8, 4) is 66.8 Å². The van der Waals surface area contributed by atoms with Gasteiger partial charge in [-0.3, -0.25) is 0 Å². The zero-order valence-corrected chi connectivity index (χ0v) is 38.5. The van der Waals surface area contributed by atoms with Crippen LogP contribution in [0.5, 0.6) is 0 Å². The molecular formula is C67H44F3N. The lowest BCUT2D eigenvalue weighted by atomic mass is 9.66. The minimum atomic E-state index is -1.48. The molecule has 338 valence electrons. The van der Waals surface area contributed by atoms with Gasteiger partial charge >= 0.3 is 0 Å². The zero-order chi connectivity index (χ0) is 47.9. The van der Waals surface area contributed by atoms with E-state index < -0.39 is 22.9 Å². The third-order valence-corrected chi connectivity index (χ3v) is 14.0. The molecule has 4 heteroatoms. The molecule has 0 radical (unpaired) electrons. The van der Waals surface area contributed by atoms with Crippen LogP contribution in [0.2, 0.25) is 0 Å². The summed E-state index contributed by atoms with van der Waals surface area (Å²) in [4.78, 5) is 2.34. The number of hydrogen-bond acceptors (Lipinski definition) is 1.